The second kappa shape index (κ2) is 12.3. The Morgan fingerprint density at radius 2 is 1.97 bits per heavy atom. The van der Waals surface area contributed by atoms with Gasteiger partial charge in [-0.3, -0.25) is 4.79 Å². The maximum atomic E-state index is 12.7. The van der Waals surface area contributed by atoms with E-state index in [9.17, 15) is 4.79 Å². The van der Waals surface area contributed by atoms with Gasteiger partial charge in [-0.2, -0.15) is 0 Å². The summed E-state index contributed by atoms with van der Waals surface area (Å²) >= 11 is 5.93. The van der Waals surface area contributed by atoms with Gasteiger partial charge in [0.1, 0.15) is 13.2 Å². The van der Waals surface area contributed by atoms with E-state index in [1.807, 2.05) is 12.1 Å². The maximum absolute atomic E-state index is 12.7. The molecule has 0 aliphatic rings. The SMILES string of the molecule is C#CCOc1ccc(CCNC(=O)C(OCC#CN)c2ccc(Cl)cc2)cc1OC. The Morgan fingerprint density at radius 3 is 2.63 bits per heavy atom. The lowest BCUT2D eigenvalue weighted by Gasteiger charge is -2.17. The molecule has 0 aromatic heterocycles. The van der Waals surface area contributed by atoms with Gasteiger partial charge in [-0.15, -0.1) is 6.42 Å². The van der Waals surface area contributed by atoms with Crippen molar-refractivity contribution in [3.05, 3.63) is 58.6 Å². The van der Waals surface area contributed by atoms with Gasteiger partial charge in [-0.25, -0.2) is 0 Å². The van der Waals surface area contributed by atoms with Gasteiger partial charge < -0.3 is 25.3 Å². The number of carbonyl (C=O) groups is 1. The molecule has 1 amide bonds. The summed E-state index contributed by atoms with van der Waals surface area (Å²) in [6.07, 6.45) is 4.99. The lowest BCUT2D eigenvalue weighted by Crippen LogP contribution is -2.32. The smallest absolute Gasteiger partial charge is 0.253 e. The second-order valence-corrected chi connectivity index (χ2v) is 6.52. The minimum Gasteiger partial charge on any atom is -0.493 e. The van der Waals surface area contributed by atoms with Crippen LogP contribution in [0.25, 0.3) is 0 Å². The van der Waals surface area contributed by atoms with E-state index in [0.717, 1.165) is 5.56 Å². The molecule has 0 heterocycles. The van der Waals surface area contributed by atoms with E-state index in [1.54, 1.807) is 37.4 Å². The maximum Gasteiger partial charge on any atom is 0.253 e. The summed E-state index contributed by atoms with van der Waals surface area (Å²) in [5.74, 6) is 5.87. The van der Waals surface area contributed by atoms with Crippen molar-refractivity contribution in [1.29, 1.82) is 0 Å². The molecule has 0 aliphatic heterocycles. The minimum absolute atomic E-state index is 0.0352. The molecule has 0 saturated heterocycles. The van der Waals surface area contributed by atoms with Crippen molar-refractivity contribution in [2.24, 2.45) is 5.73 Å². The Hall–Kier alpha value is -3.32. The van der Waals surface area contributed by atoms with Gasteiger partial charge in [0.05, 0.1) is 7.11 Å². The number of benzene rings is 2. The predicted molar refractivity (Wildman–Crippen MR) is 116 cm³/mol. The van der Waals surface area contributed by atoms with E-state index in [4.69, 9.17) is 38.0 Å². The second-order valence-electron chi connectivity index (χ2n) is 6.08. The van der Waals surface area contributed by atoms with Crippen molar-refractivity contribution < 1.29 is 19.0 Å². The Bertz CT molecular complexity index is 942. The largest absolute Gasteiger partial charge is 0.493 e. The minimum atomic E-state index is -0.822. The number of nitrogens with two attached hydrogens (primary N) is 1. The van der Waals surface area contributed by atoms with Crippen LogP contribution in [0.3, 0.4) is 0 Å². The van der Waals surface area contributed by atoms with Crippen LogP contribution in [0.2, 0.25) is 5.02 Å². The zero-order valence-corrected chi connectivity index (χ0v) is 17.4. The molecule has 30 heavy (non-hydrogen) atoms. The topological polar surface area (TPSA) is 82.8 Å². The normalized spacial score (nSPS) is 10.8. The summed E-state index contributed by atoms with van der Waals surface area (Å²) in [5, 5.41) is 3.46. The highest BCUT2D eigenvalue weighted by Crippen LogP contribution is 2.28. The molecule has 1 atom stereocenters. The average molecular weight is 427 g/mol. The summed E-state index contributed by atoms with van der Waals surface area (Å²) in [5.41, 5.74) is 6.81. The third kappa shape index (κ3) is 6.93. The Kier molecular flexibility index (Phi) is 9.40. The zero-order chi connectivity index (χ0) is 21.8. The highest BCUT2D eigenvalue weighted by molar-refractivity contribution is 6.30. The molecule has 0 radical (unpaired) electrons. The van der Waals surface area contributed by atoms with Crippen LogP contribution in [0.4, 0.5) is 0 Å². The fraction of sp³-hybridized carbons (Fsp3) is 0.261. The standard InChI is InChI=1S/C23H23ClN2O4/c1-3-14-29-20-10-5-17(16-21(20)28-2)11-13-26-23(27)22(30-15-4-12-25)18-6-8-19(24)9-7-18/h1,5-10,16,22H,11,13-15,25H2,2H3,(H,26,27). The zero-order valence-electron chi connectivity index (χ0n) is 16.6. The van der Waals surface area contributed by atoms with Gasteiger partial charge in [0.25, 0.3) is 5.91 Å². The molecule has 0 bridgehead atoms. The molecular weight excluding hydrogens is 404 g/mol. The van der Waals surface area contributed by atoms with Crippen LogP contribution in [0.1, 0.15) is 17.2 Å². The van der Waals surface area contributed by atoms with Gasteiger partial charge in [-0.05, 0) is 41.8 Å². The third-order valence-electron chi connectivity index (χ3n) is 4.09. The van der Waals surface area contributed by atoms with Gasteiger partial charge in [-0.1, -0.05) is 41.6 Å². The lowest BCUT2D eigenvalue weighted by atomic mass is 10.1. The summed E-state index contributed by atoms with van der Waals surface area (Å²) in [7, 11) is 1.56. The number of methoxy groups -OCH3 is 1. The lowest BCUT2D eigenvalue weighted by molar-refractivity contribution is -0.132. The first-order chi connectivity index (χ1) is 14.6. The molecule has 3 N–H and O–H groups in total. The quantitative estimate of drug-likeness (QED) is 0.451. The summed E-state index contributed by atoms with van der Waals surface area (Å²) < 4.78 is 16.4. The first-order valence-corrected chi connectivity index (χ1v) is 9.53. The van der Waals surface area contributed by atoms with Gasteiger partial charge >= 0.3 is 0 Å². The molecule has 2 aromatic carbocycles. The van der Waals surface area contributed by atoms with Gasteiger partial charge in [0.2, 0.25) is 0 Å². The Balaban J connectivity index is 1.99. The monoisotopic (exact) mass is 426 g/mol. The number of ether oxygens (including phenoxy) is 3. The van der Waals surface area contributed by atoms with Crippen molar-refractivity contribution in [1.82, 2.24) is 5.32 Å². The van der Waals surface area contributed by atoms with E-state index in [2.05, 4.69) is 23.2 Å². The van der Waals surface area contributed by atoms with Crippen molar-refractivity contribution in [2.45, 2.75) is 12.5 Å². The highest BCUT2D eigenvalue weighted by atomic mass is 35.5. The Labute approximate surface area is 181 Å². The van der Waals surface area contributed by atoms with Crippen LogP contribution in [0, 0.1) is 24.3 Å². The van der Waals surface area contributed by atoms with Crippen LogP contribution < -0.4 is 20.5 Å². The van der Waals surface area contributed by atoms with Crippen LogP contribution in [-0.2, 0) is 16.0 Å². The number of carbonyl (C=O) groups excluding carboxylic acids is 1. The van der Waals surface area contributed by atoms with E-state index >= 15 is 0 Å². The molecule has 0 aliphatic carbocycles. The molecule has 6 nitrogen and oxygen atoms in total. The van der Waals surface area contributed by atoms with Gasteiger partial charge in [0, 0.05) is 17.6 Å². The fourth-order valence-electron chi connectivity index (χ4n) is 2.66. The van der Waals surface area contributed by atoms with Crippen molar-refractivity contribution in [3.63, 3.8) is 0 Å². The Morgan fingerprint density at radius 1 is 1.20 bits per heavy atom. The van der Waals surface area contributed by atoms with Crippen LogP contribution in [-0.4, -0.2) is 32.8 Å². The third-order valence-corrected chi connectivity index (χ3v) is 4.34. The van der Waals surface area contributed by atoms with E-state index in [1.165, 1.54) is 0 Å². The number of rotatable bonds is 10. The number of terminal acetylenes is 1. The molecule has 0 spiro atoms. The van der Waals surface area contributed by atoms with E-state index in [-0.39, 0.29) is 19.1 Å². The van der Waals surface area contributed by atoms with E-state index < -0.39 is 6.10 Å². The summed E-state index contributed by atoms with van der Waals surface area (Å²) in [6, 6.07) is 14.7. The molecular formula is C23H23ClN2O4. The number of hydrogen-bond acceptors (Lipinski definition) is 5. The average Bonchev–Trinajstić information content (AvgIpc) is 2.76. The molecule has 1 unspecified atom stereocenters. The molecule has 7 heteroatoms. The van der Waals surface area contributed by atoms with Gasteiger partial charge in [0.15, 0.2) is 17.6 Å². The number of amides is 1. The van der Waals surface area contributed by atoms with Crippen LogP contribution >= 0.6 is 11.6 Å². The molecule has 0 fully saturated rings. The number of nitrogens with one attached hydrogen (secondary N) is 1. The van der Waals surface area contributed by atoms with Crippen molar-refractivity contribution >= 4 is 17.5 Å². The first-order valence-electron chi connectivity index (χ1n) is 9.15. The molecule has 0 saturated carbocycles. The molecule has 2 rings (SSSR count). The summed E-state index contributed by atoms with van der Waals surface area (Å²) in [6.45, 7) is 0.600. The van der Waals surface area contributed by atoms with Crippen molar-refractivity contribution in [2.75, 3.05) is 26.9 Å². The molecule has 2 aromatic rings. The van der Waals surface area contributed by atoms with Crippen LogP contribution in [0.5, 0.6) is 11.5 Å². The first kappa shape index (κ1) is 23.0. The van der Waals surface area contributed by atoms with Crippen LogP contribution in [0.15, 0.2) is 42.5 Å². The molecule has 156 valence electrons. The highest BCUT2D eigenvalue weighted by Gasteiger charge is 2.21. The fourth-order valence-corrected chi connectivity index (χ4v) is 2.78. The summed E-state index contributed by atoms with van der Waals surface area (Å²) in [4.78, 5) is 12.7. The predicted octanol–water partition coefficient (Wildman–Crippen LogP) is 2.70. The van der Waals surface area contributed by atoms with Crippen molar-refractivity contribution in [3.8, 4) is 35.8 Å². The van der Waals surface area contributed by atoms with E-state index in [0.29, 0.717) is 35.1 Å². The number of halogens is 1. The number of hydrogen-bond donors (Lipinski definition) is 2.